The molecular formula is C13H10Cl2N2O2. The van der Waals surface area contributed by atoms with E-state index in [0.717, 1.165) is 0 Å². The smallest absolute Gasteiger partial charge is 0.338 e. The topological polar surface area (TPSA) is 52.1 Å². The lowest BCUT2D eigenvalue weighted by Gasteiger charge is -2.09. The lowest BCUT2D eigenvalue weighted by atomic mass is 10.0. The van der Waals surface area contributed by atoms with E-state index in [1.54, 1.807) is 31.2 Å². The van der Waals surface area contributed by atoms with Crippen LogP contribution in [0.4, 0.5) is 0 Å². The van der Waals surface area contributed by atoms with Gasteiger partial charge < -0.3 is 4.74 Å². The monoisotopic (exact) mass is 296 g/mol. The van der Waals surface area contributed by atoms with Gasteiger partial charge in [0, 0.05) is 16.7 Å². The van der Waals surface area contributed by atoms with Gasteiger partial charge in [0.05, 0.1) is 17.9 Å². The van der Waals surface area contributed by atoms with Crippen LogP contribution in [-0.2, 0) is 4.74 Å². The Balaban J connectivity index is 2.53. The first kappa shape index (κ1) is 13.8. The third kappa shape index (κ3) is 3.22. The van der Waals surface area contributed by atoms with Crippen LogP contribution in [0, 0.1) is 0 Å². The largest absolute Gasteiger partial charge is 0.462 e. The van der Waals surface area contributed by atoms with Gasteiger partial charge in [0.1, 0.15) is 11.5 Å². The van der Waals surface area contributed by atoms with E-state index in [1.807, 2.05) is 0 Å². The summed E-state index contributed by atoms with van der Waals surface area (Å²) in [6.45, 7) is 2.03. The summed E-state index contributed by atoms with van der Waals surface area (Å²) in [6.07, 6.45) is 1.33. The molecule has 0 N–H and O–H groups in total. The van der Waals surface area contributed by atoms with Crippen LogP contribution in [0.5, 0.6) is 0 Å². The van der Waals surface area contributed by atoms with E-state index in [2.05, 4.69) is 9.97 Å². The Hall–Kier alpha value is -1.65. The van der Waals surface area contributed by atoms with Crippen LogP contribution in [0.2, 0.25) is 10.2 Å². The molecule has 4 nitrogen and oxygen atoms in total. The minimum atomic E-state index is -0.449. The van der Waals surface area contributed by atoms with Gasteiger partial charge in [0.25, 0.3) is 0 Å². The van der Waals surface area contributed by atoms with Crippen molar-refractivity contribution < 1.29 is 9.53 Å². The van der Waals surface area contributed by atoms with Crippen molar-refractivity contribution in [2.75, 3.05) is 6.61 Å². The van der Waals surface area contributed by atoms with E-state index >= 15 is 0 Å². The second kappa shape index (κ2) is 5.99. The molecule has 1 aromatic carbocycles. The molecule has 0 radical (unpaired) electrons. The van der Waals surface area contributed by atoms with Gasteiger partial charge in [-0.15, -0.1) is 0 Å². The second-order valence-electron chi connectivity index (χ2n) is 3.64. The number of aromatic nitrogens is 2. The molecule has 0 aliphatic carbocycles. The van der Waals surface area contributed by atoms with Crippen LogP contribution >= 0.6 is 23.2 Å². The first-order valence-corrected chi connectivity index (χ1v) is 6.32. The third-order valence-electron chi connectivity index (χ3n) is 2.39. The maximum atomic E-state index is 11.9. The summed E-state index contributed by atoms with van der Waals surface area (Å²) in [5.74, 6) is -0.449. The number of rotatable bonds is 3. The number of hydrogen-bond acceptors (Lipinski definition) is 4. The average Bonchev–Trinajstić information content (AvgIpc) is 2.39. The number of nitrogens with zero attached hydrogens (tertiary/aromatic N) is 2. The normalized spacial score (nSPS) is 10.3. The summed E-state index contributed by atoms with van der Waals surface area (Å²) in [4.78, 5) is 19.8. The van der Waals surface area contributed by atoms with Crippen molar-refractivity contribution >= 4 is 29.2 Å². The van der Waals surface area contributed by atoms with Crippen LogP contribution in [-0.4, -0.2) is 22.5 Å². The van der Waals surface area contributed by atoms with Gasteiger partial charge in [-0.1, -0.05) is 29.3 Å². The van der Waals surface area contributed by atoms with Gasteiger partial charge in [-0.25, -0.2) is 14.8 Å². The van der Waals surface area contributed by atoms with Crippen molar-refractivity contribution in [3.63, 3.8) is 0 Å². The number of halogens is 2. The van der Waals surface area contributed by atoms with Crippen LogP contribution in [0.25, 0.3) is 11.3 Å². The first-order chi connectivity index (χ1) is 9.11. The quantitative estimate of drug-likeness (QED) is 0.641. The number of ether oxygens (including phenoxy) is 1. The van der Waals surface area contributed by atoms with Gasteiger partial charge in [-0.3, -0.25) is 0 Å². The zero-order valence-corrected chi connectivity index (χ0v) is 11.6. The number of carbonyl (C=O) groups is 1. The Kier molecular flexibility index (Phi) is 4.35. The van der Waals surface area contributed by atoms with Crippen LogP contribution < -0.4 is 0 Å². The lowest BCUT2D eigenvalue weighted by molar-refractivity contribution is 0.0527. The maximum absolute atomic E-state index is 11.9. The molecule has 0 aliphatic heterocycles. The van der Waals surface area contributed by atoms with Crippen LogP contribution in [0.1, 0.15) is 17.3 Å². The molecule has 1 aromatic heterocycles. The van der Waals surface area contributed by atoms with Crippen molar-refractivity contribution in [3.05, 3.63) is 46.3 Å². The van der Waals surface area contributed by atoms with Crippen LogP contribution in [0.3, 0.4) is 0 Å². The van der Waals surface area contributed by atoms with Crippen LogP contribution in [0.15, 0.2) is 30.6 Å². The van der Waals surface area contributed by atoms with Gasteiger partial charge >= 0.3 is 5.97 Å². The Morgan fingerprint density at radius 3 is 2.74 bits per heavy atom. The highest BCUT2D eigenvalue weighted by Crippen LogP contribution is 2.26. The molecule has 0 saturated carbocycles. The number of carbonyl (C=O) groups excluding carboxylic acids is 1. The fourth-order valence-electron chi connectivity index (χ4n) is 1.60. The summed E-state index contributed by atoms with van der Waals surface area (Å²) in [5, 5.41) is 0.752. The van der Waals surface area contributed by atoms with Gasteiger partial charge in [0.15, 0.2) is 0 Å². The van der Waals surface area contributed by atoms with Gasteiger partial charge in [-0.05, 0) is 19.1 Å². The van der Waals surface area contributed by atoms with E-state index in [4.69, 9.17) is 27.9 Å². The Bertz CT molecular complexity index is 617. The fourth-order valence-corrected chi connectivity index (χ4v) is 1.92. The Morgan fingerprint density at radius 1 is 1.26 bits per heavy atom. The van der Waals surface area contributed by atoms with Crippen molar-refractivity contribution in [2.24, 2.45) is 0 Å². The summed E-state index contributed by atoms with van der Waals surface area (Å²) in [5.41, 5.74) is 1.50. The summed E-state index contributed by atoms with van der Waals surface area (Å²) >= 11 is 11.7. The van der Waals surface area contributed by atoms with Crippen molar-refractivity contribution in [3.8, 4) is 11.3 Å². The summed E-state index contributed by atoms with van der Waals surface area (Å²) < 4.78 is 5.00. The molecule has 0 saturated heterocycles. The lowest BCUT2D eigenvalue weighted by Crippen LogP contribution is -2.07. The van der Waals surface area contributed by atoms with E-state index in [9.17, 15) is 4.79 Å². The highest BCUT2D eigenvalue weighted by Gasteiger charge is 2.15. The molecule has 0 fully saturated rings. The first-order valence-electron chi connectivity index (χ1n) is 5.56. The molecule has 0 unspecified atom stereocenters. The minimum absolute atomic E-state index is 0.287. The number of hydrogen-bond donors (Lipinski definition) is 0. The highest BCUT2D eigenvalue weighted by molar-refractivity contribution is 6.31. The maximum Gasteiger partial charge on any atom is 0.338 e. The summed E-state index contributed by atoms with van der Waals surface area (Å²) in [6, 6.07) is 6.50. The molecule has 19 heavy (non-hydrogen) atoms. The molecule has 0 spiro atoms. The molecule has 2 aromatic rings. The zero-order chi connectivity index (χ0) is 13.8. The fraction of sp³-hybridized carbons (Fsp3) is 0.154. The van der Waals surface area contributed by atoms with Crippen molar-refractivity contribution in [1.82, 2.24) is 9.97 Å². The predicted octanol–water partition coefficient (Wildman–Crippen LogP) is 3.63. The molecule has 0 atom stereocenters. The second-order valence-corrected chi connectivity index (χ2v) is 4.46. The Morgan fingerprint density at radius 2 is 2.05 bits per heavy atom. The number of benzene rings is 1. The predicted molar refractivity (Wildman–Crippen MR) is 73.4 cm³/mol. The molecule has 1 heterocycles. The van der Waals surface area contributed by atoms with Crippen molar-refractivity contribution in [2.45, 2.75) is 6.92 Å². The average molecular weight is 297 g/mol. The van der Waals surface area contributed by atoms with E-state index in [1.165, 1.54) is 6.33 Å². The molecular weight excluding hydrogens is 287 g/mol. The summed E-state index contributed by atoms with van der Waals surface area (Å²) in [7, 11) is 0. The molecule has 0 aliphatic rings. The standard InChI is InChI=1S/C13H10Cl2N2O2/c1-2-19-13(18)10-5-8(14)3-4-9(10)11-6-12(15)17-7-16-11/h3-7H,2H2,1H3. The molecule has 2 rings (SSSR count). The molecule has 0 bridgehead atoms. The SMILES string of the molecule is CCOC(=O)c1cc(Cl)ccc1-c1cc(Cl)ncn1. The van der Waals surface area contributed by atoms with Crippen molar-refractivity contribution in [1.29, 1.82) is 0 Å². The zero-order valence-electron chi connectivity index (χ0n) is 10.1. The van der Waals surface area contributed by atoms with E-state index < -0.39 is 5.97 Å². The third-order valence-corrected chi connectivity index (χ3v) is 2.83. The van der Waals surface area contributed by atoms with E-state index in [0.29, 0.717) is 27.0 Å². The number of esters is 1. The molecule has 0 amide bonds. The Labute approximate surface area is 120 Å². The molecule has 6 heteroatoms. The van der Waals surface area contributed by atoms with Gasteiger partial charge in [0.2, 0.25) is 0 Å². The van der Waals surface area contributed by atoms with E-state index in [-0.39, 0.29) is 6.61 Å². The molecule has 98 valence electrons. The highest BCUT2D eigenvalue weighted by atomic mass is 35.5. The minimum Gasteiger partial charge on any atom is -0.462 e. The van der Waals surface area contributed by atoms with Gasteiger partial charge in [-0.2, -0.15) is 0 Å².